The van der Waals surface area contributed by atoms with Crippen LogP contribution in [0.2, 0.25) is 0 Å². The monoisotopic (exact) mass is 323 g/mol. The Morgan fingerprint density at radius 3 is 2.72 bits per heavy atom. The largest absolute Gasteiger partial charge is 0.466 e. The summed E-state index contributed by atoms with van der Waals surface area (Å²) >= 11 is 3.20. The first-order chi connectivity index (χ1) is 8.45. The van der Waals surface area contributed by atoms with Crippen LogP contribution in [-0.2, 0) is 16.0 Å². The number of nitrogens with two attached hydrogens (primary N) is 1. The Kier molecular flexibility index (Phi) is 5.33. The van der Waals surface area contributed by atoms with Gasteiger partial charge in [-0.1, -0.05) is 15.9 Å². The van der Waals surface area contributed by atoms with Crippen molar-refractivity contribution in [2.45, 2.75) is 20.0 Å². The van der Waals surface area contributed by atoms with Gasteiger partial charge in [-0.2, -0.15) is 8.78 Å². The fourth-order valence-electron chi connectivity index (χ4n) is 1.35. The van der Waals surface area contributed by atoms with E-state index in [4.69, 9.17) is 10.5 Å². The number of hydrogen-bond acceptors (Lipinski definition) is 4. The molecule has 4 nitrogen and oxygen atoms in total. The minimum absolute atomic E-state index is 0.00210. The maximum absolute atomic E-state index is 12.1. The van der Waals surface area contributed by atoms with Gasteiger partial charge in [-0.3, -0.25) is 4.79 Å². The van der Waals surface area contributed by atoms with Crippen LogP contribution in [0.4, 0.5) is 14.5 Å². The second-order valence-corrected chi connectivity index (χ2v) is 4.15. The van der Waals surface area contributed by atoms with Crippen LogP contribution in [0.5, 0.6) is 5.75 Å². The van der Waals surface area contributed by atoms with Crippen molar-refractivity contribution in [2.75, 3.05) is 12.3 Å². The predicted molar refractivity (Wildman–Crippen MR) is 65.5 cm³/mol. The predicted octanol–water partition coefficient (Wildman–Crippen LogP) is 2.74. The van der Waals surface area contributed by atoms with E-state index in [0.29, 0.717) is 10.0 Å². The van der Waals surface area contributed by atoms with Gasteiger partial charge in [0.05, 0.1) is 18.7 Å². The van der Waals surface area contributed by atoms with Crippen LogP contribution >= 0.6 is 15.9 Å². The molecule has 7 heteroatoms. The lowest BCUT2D eigenvalue weighted by Crippen LogP contribution is -2.11. The number of benzene rings is 1. The number of esters is 1. The second-order valence-electron chi connectivity index (χ2n) is 3.30. The van der Waals surface area contributed by atoms with Gasteiger partial charge in [-0.05, 0) is 19.1 Å². The topological polar surface area (TPSA) is 61.5 Å². The van der Waals surface area contributed by atoms with Crippen molar-refractivity contribution in [3.63, 3.8) is 0 Å². The molecular weight excluding hydrogens is 312 g/mol. The number of halogens is 3. The lowest BCUT2D eigenvalue weighted by molar-refractivity contribution is -0.142. The minimum Gasteiger partial charge on any atom is -0.466 e. The zero-order valence-electron chi connectivity index (χ0n) is 9.58. The molecule has 18 heavy (non-hydrogen) atoms. The summed E-state index contributed by atoms with van der Waals surface area (Å²) in [6.07, 6.45) is -0.110. The average Bonchev–Trinajstić information content (AvgIpc) is 2.28. The number of nitrogen functional groups attached to an aromatic ring is 1. The molecule has 0 spiro atoms. The summed E-state index contributed by atoms with van der Waals surface area (Å²) in [5.74, 6) is -0.647. The maximum Gasteiger partial charge on any atom is 0.387 e. The first kappa shape index (κ1) is 14.7. The summed E-state index contributed by atoms with van der Waals surface area (Å²) < 4.78 is 33.8. The van der Waals surface area contributed by atoms with Crippen LogP contribution in [0, 0.1) is 0 Å². The minimum atomic E-state index is -2.97. The molecule has 2 N–H and O–H groups in total. The van der Waals surface area contributed by atoms with E-state index in [-0.39, 0.29) is 24.5 Å². The zero-order chi connectivity index (χ0) is 13.7. The summed E-state index contributed by atoms with van der Waals surface area (Å²) in [6, 6.07) is 2.79. The van der Waals surface area contributed by atoms with Gasteiger partial charge in [0.1, 0.15) is 5.75 Å². The van der Waals surface area contributed by atoms with Crippen LogP contribution < -0.4 is 10.5 Å². The third-order valence-electron chi connectivity index (χ3n) is 2.10. The highest BCUT2D eigenvalue weighted by Gasteiger charge is 2.16. The number of hydrogen-bond donors (Lipinski definition) is 1. The van der Waals surface area contributed by atoms with Crippen molar-refractivity contribution in [3.8, 4) is 5.75 Å². The van der Waals surface area contributed by atoms with Crippen LogP contribution in [0.1, 0.15) is 12.5 Å². The molecule has 1 aromatic carbocycles. The molecule has 0 saturated heterocycles. The van der Waals surface area contributed by atoms with Crippen LogP contribution in [0.3, 0.4) is 0 Å². The molecule has 100 valence electrons. The third-order valence-corrected chi connectivity index (χ3v) is 2.85. The summed E-state index contributed by atoms with van der Waals surface area (Å²) in [6.45, 7) is -1.06. The summed E-state index contributed by atoms with van der Waals surface area (Å²) in [4.78, 5) is 11.4. The molecule has 0 aliphatic carbocycles. The molecule has 0 heterocycles. The molecule has 0 fully saturated rings. The van der Waals surface area contributed by atoms with Gasteiger partial charge < -0.3 is 15.2 Å². The number of carbonyl (C=O) groups excluding carboxylic acids is 1. The second kappa shape index (κ2) is 6.53. The Bertz CT molecular complexity index is 441. The lowest BCUT2D eigenvalue weighted by Gasteiger charge is -2.13. The molecule has 0 aliphatic rings. The van der Waals surface area contributed by atoms with E-state index in [9.17, 15) is 13.6 Å². The number of anilines is 1. The zero-order valence-corrected chi connectivity index (χ0v) is 11.2. The molecule has 0 aliphatic heterocycles. The number of ether oxygens (including phenoxy) is 2. The molecule has 0 bridgehead atoms. The van der Waals surface area contributed by atoms with E-state index in [2.05, 4.69) is 20.7 Å². The highest BCUT2D eigenvalue weighted by molar-refractivity contribution is 9.10. The number of carbonyl (C=O) groups is 1. The fourth-order valence-corrected chi connectivity index (χ4v) is 1.84. The molecule has 0 amide bonds. The van der Waals surface area contributed by atoms with Crippen molar-refractivity contribution >= 4 is 27.6 Å². The van der Waals surface area contributed by atoms with Crippen molar-refractivity contribution < 1.29 is 23.0 Å². The smallest absolute Gasteiger partial charge is 0.387 e. The molecule has 0 radical (unpaired) electrons. The van der Waals surface area contributed by atoms with Gasteiger partial charge in [0, 0.05) is 10.0 Å². The Balaban J connectivity index is 2.99. The molecular formula is C11H12BrF2NO3. The number of rotatable bonds is 5. The molecule has 0 unspecified atom stereocenters. The van der Waals surface area contributed by atoms with Gasteiger partial charge in [0.25, 0.3) is 0 Å². The SMILES string of the molecule is CCOC(=O)Cc1c(Br)ccc(OC(F)F)c1N. The Morgan fingerprint density at radius 1 is 1.50 bits per heavy atom. The standard InChI is InChI=1S/C11H12BrF2NO3/c1-2-17-9(16)5-6-7(12)3-4-8(10(6)15)18-11(13)14/h3-4,11H,2,5,15H2,1H3. The van der Waals surface area contributed by atoms with Crippen molar-refractivity contribution in [3.05, 3.63) is 22.2 Å². The van der Waals surface area contributed by atoms with Crippen molar-refractivity contribution in [2.24, 2.45) is 0 Å². The molecule has 0 atom stereocenters. The van der Waals surface area contributed by atoms with Crippen LogP contribution in [0.25, 0.3) is 0 Å². The fraction of sp³-hybridized carbons (Fsp3) is 0.364. The maximum atomic E-state index is 12.1. The molecule has 1 rings (SSSR count). The van der Waals surface area contributed by atoms with Gasteiger partial charge >= 0.3 is 12.6 Å². The van der Waals surface area contributed by atoms with E-state index in [1.807, 2.05) is 0 Å². The molecule has 1 aromatic rings. The third kappa shape index (κ3) is 3.83. The van der Waals surface area contributed by atoms with Crippen LogP contribution in [0.15, 0.2) is 16.6 Å². The summed E-state index contributed by atoms with van der Waals surface area (Å²) in [7, 11) is 0. The van der Waals surface area contributed by atoms with Gasteiger partial charge in [0.2, 0.25) is 0 Å². The van der Waals surface area contributed by atoms with E-state index < -0.39 is 12.6 Å². The van der Waals surface area contributed by atoms with Gasteiger partial charge in [-0.15, -0.1) is 0 Å². The van der Waals surface area contributed by atoms with Gasteiger partial charge in [0.15, 0.2) is 0 Å². The Morgan fingerprint density at radius 2 is 2.17 bits per heavy atom. The Labute approximate surface area is 111 Å². The van der Waals surface area contributed by atoms with Gasteiger partial charge in [-0.25, -0.2) is 0 Å². The summed E-state index contributed by atoms with van der Waals surface area (Å²) in [5.41, 5.74) is 6.05. The van der Waals surface area contributed by atoms with E-state index in [1.165, 1.54) is 12.1 Å². The van der Waals surface area contributed by atoms with E-state index >= 15 is 0 Å². The molecule has 0 aromatic heterocycles. The first-order valence-electron chi connectivity index (χ1n) is 5.13. The quantitative estimate of drug-likeness (QED) is 0.668. The number of alkyl halides is 2. The highest BCUT2D eigenvalue weighted by Crippen LogP contribution is 2.33. The van der Waals surface area contributed by atoms with E-state index in [1.54, 1.807) is 6.92 Å². The van der Waals surface area contributed by atoms with Crippen molar-refractivity contribution in [1.29, 1.82) is 0 Å². The molecule has 0 saturated carbocycles. The lowest BCUT2D eigenvalue weighted by atomic mass is 10.1. The van der Waals surface area contributed by atoms with Crippen molar-refractivity contribution in [1.82, 2.24) is 0 Å². The highest BCUT2D eigenvalue weighted by atomic mass is 79.9. The summed E-state index contributed by atoms with van der Waals surface area (Å²) in [5, 5.41) is 0. The van der Waals surface area contributed by atoms with E-state index in [0.717, 1.165) is 0 Å². The average molecular weight is 324 g/mol. The first-order valence-corrected chi connectivity index (χ1v) is 5.92. The Hall–Kier alpha value is -1.37. The normalized spacial score (nSPS) is 10.5. The van der Waals surface area contributed by atoms with Crippen LogP contribution in [-0.4, -0.2) is 19.2 Å².